The van der Waals surface area contributed by atoms with E-state index in [0.29, 0.717) is 11.1 Å². The fraction of sp³-hybridized carbons (Fsp3) is 0.200. The van der Waals surface area contributed by atoms with Gasteiger partial charge in [-0.25, -0.2) is 4.39 Å². The van der Waals surface area contributed by atoms with Crippen LogP contribution in [0.2, 0.25) is 0 Å². The fourth-order valence-corrected chi connectivity index (χ4v) is 2.01. The van der Waals surface area contributed by atoms with E-state index in [9.17, 15) is 14.5 Å². The lowest BCUT2D eigenvalue weighted by molar-refractivity contribution is -0.385. The molecule has 5 nitrogen and oxygen atoms in total. The number of nitro benzene ring substituents is 1. The Kier molecular flexibility index (Phi) is 4.49. The van der Waals surface area contributed by atoms with Crippen molar-refractivity contribution in [2.24, 2.45) is 0 Å². The van der Waals surface area contributed by atoms with Crippen molar-refractivity contribution < 1.29 is 14.1 Å². The molecule has 21 heavy (non-hydrogen) atoms. The van der Waals surface area contributed by atoms with Gasteiger partial charge < -0.3 is 10.1 Å². The molecule has 0 aliphatic rings. The quantitative estimate of drug-likeness (QED) is 0.675. The monoisotopic (exact) mass is 290 g/mol. The number of nitrogens with one attached hydrogen (secondary N) is 1. The smallest absolute Gasteiger partial charge is 0.311 e. The number of nitro groups is 1. The summed E-state index contributed by atoms with van der Waals surface area (Å²) in [7, 11) is 1.69. The van der Waals surface area contributed by atoms with Crippen LogP contribution in [0.3, 0.4) is 0 Å². The van der Waals surface area contributed by atoms with Gasteiger partial charge in [-0.1, -0.05) is 18.2 Å². The van der Waals surface area contributed by atoms with E-state index >= 15 is 0 Å². The van der Waals surface area contributed by atoms with Crippen molar-refractivity contribution in [3.05, 3.63) is 63.5 Å². The molecule has 0 bridgehead atoms. The van der Waals surface area contributed by atoms with E-state index in [1.54, 1.807) is 32.2 Å². The molecule has 2 rings (SSSR count). The van der Waals surface area contributed by atoms with Gasteiger partial charge in [0.2, 0.25) is 5.75 Å². The minimum Gasteiger partial charge on any atom is -0.449 e. The largest absolute Gasteiger partial charge is 0.449 e. The molecule has 0 radical (unpaired) electrons. The van der Waals surface area contributed by atoms with Gasteiger partial charge in [-0.15, -0.1) is 0 Å². The zero-order chi connectivity index (χ0) is 15.4. The highest BCUT2D eigenvalue weighted by Gasteiger charge is 2.19. The first kappa shape index (κ1) is 14.9. The van der Waals surface area contributed by atoms with Gasteiger partial charge in [0.25, 0.3) is 0 Å². The summed E-state index contributed by atoms with van der Waals surface area (Å²) in [4.78, 5) is 10.6. The molecule has 0 saturated heterocycles. The predicted octanol–water partition coefficient (Wildman–Crippen LogP) is 3.55. The Morgan fingerprint density at radius 2 is 2.00 bits per heavy atom. The van der Waals surface area contributed by atoms with Gasteiger partial charge in [-0.05, 0) is 31.7 Å². The summed E-state index contributed by atoms with van der Waals surface area (Å²) in [6, 6.07) is 9.07. The first-order valence-corrected chi connectivity index (χ1v) is 6.38. The summed E-state index contributed by atoms with van der Waals surface area (Å²) >= 11 is 0. The van der Waals surface area contributed by atoms with Crippen LogP contribution in [0, 0.1) is 22.9 Å². The lowest BCUT2D eigenvalue weighted by atomic mass is 10.1. The summed E-state index contributed by atoms with van der Waals surface area (Å²) in [5, 5.41) is 13.9. The van der Waals surface area contributed by atoms with Crippen molar-refractivity contribution in [3.63, 3.8) is 0 Å². The molecule has 0 saturated carbocycles. The van der Waals surface area contributed by atoms with Gasteiger partial charge in [0.15, 0.2) is 0 Å². The molecule has 0 heterocycles. The minimum absolute atomic E-state index is 0.130. The van der Waals surface area contributed by atoms with E-state index in [2.05, 4.69) is 5.32 Å². The van der Waals surface area contributed by atoms with Crippen LogP contribution in [0.25, 0.3) is 0 Å². The summed E-state index contributed by atoms with van der Waals surface area (Å²) in [6.45, 7) is 1.97. The van der Waals surface area contributed by atoms with Crippen LogP contribution in [0.5, 0.6) is 11.5 Å². The maximum atomic E-state index is 13.8. The number of aryl methyl sites for hydroxylation is 1. The molecule has 0 fully saturated rings. The molecule has 110 valence electrons. The summed E-state index contributed by atoms with van der Waals surface area (Å²) in [5.74, 6) is -0.0229. The highest BCUT2D eigenvalue weighted by Crippen LogP contribution is 2.36. The molecule has 0 spiro atoms. The second-order valence-corrected chi connectivity index (χ2v) is 4.53. The van der Waals surface area contributed by atoms with Gasteiger partial charge >= 0.3 is 5.69 Å². The van der Waals surface area contributed by atoms with E-state index in [1.807, 2.05) is 0 Å². The topological polar surface area (TPSA) is 64.4 Å². The third-order valence-corrected chi connectivity index (χ3v) is 3.03. The average Bonchev–Trinajstić information content (AvgIpc) is 2.44. The van der Waals surface area contributed by atoms with Crippen molar-refractivity contribution in [2.75, 3.05) is 7.05 Å². The molecular weight excluding hydrogens is 275 g/mol. The van der Waals surface area contributed by atoms with Crippen LogP contribution < -0.4 is 10.1 Å². The number of ether oxygens (including phenoxy) is 1. The standard InChI is InChI=1S/C15H15FN2O3/c1-10-5-3-7-13(18(19)20)15(10)21-14-8-4-6-12(16)11(14)9-17-2/h3-8,17H,9H2,1-2H3. The lowest BCUT2D eigenvalue weighted by Crippen LogP contribution is -2.09. The molecule has 2 aromatic rings. The van der Waals surface area contributed by atoms with Gasteiger partial charge in [0.05, 0.1) is 4.92 Å². The van der Waals surface area contributed by atoms with E-state index in [4.69, 9.17) is 4.74 Å². The zero-order valence-corrected chi connectivity index (χ0v) is 11.7. The summed E-state index contributed by atoms with van der Waals surface area (Å²) in [5.41, 5.74) is 0.802. The molecule has 0 aromatic heterocycles. The van der Waals surface area contributed by atoms with Gasteiger partial charge in [-0.2, -0.15) is 0 Å². The highest BCUT2D eigenvalue weighted by atomic mass is 19.1. The Balaban J connectivity index is 2.48. The van der Waals surface area contributed by atoms with Gasteiger partial charge in [0.1, 0.15) is 11.6 Å². The van der Waals surface area contributed by atoms with E-state index in [1.165, 1.54) is 18.2 Å². The SMILES string of the molecule is CNCc1c(F)cccc1Oc1c(C)cccc1[N+](=O)[O-]. The zero-order valence-electron chi connectivity index (χ0n) is 11.7. The van der Waals surface area contributed by atoms with Gasteiger partial charge in [0, 0.05) is 18.2 Å². The maximum Gasteiger partial charge on any atom is 0.311 e. The van der Waals surface area contributed by atoms with Crippen LogP contribution in [0.4, 0.5) is 10.1 Å². The van der Waals surface area contributed by atoms with Crippen molar-refractivity contribution >= 4 is 5.69 Å². The number of hydrogen-bond acceptors (Lipinski definition) is 4. The van der Waals surface area contributed by atoms with Crippen LogP contribution in [0.1, 0.15) is 11.1 Å². The van der Waals surface area contributed by atoms with Crippen LogP contribution in [0.15, 0.2) is 36.4 Å². The third kappa shape index (κ3) is 3.17. The summed E-state index contributed by atoms with van der Waals surface area (Å²) < 4.78 is 19.5. The Morgan fingerprint density at radius 1 is 1.29 bits per heavy atom. The highest BCUT2D eigenvalue weighted by molar-refractivity contribution is 5.54. The Bertz CT molecular complexity index is 674. The van der Waals surface area contributed by atoms with Crippen LogP contribution in [-0.4, -0.2) is 12.0 Å². The van der Waals surface area contributed by atoms with Crippen molar-refractivity contribution in [3.8, 4) is 11.5 Å². The van der Waals surface area contributed by atoms with Crippen molar-refractivity contribution in [1.82, 2.24) is 5.32 Å². The summed E-state index contributed by atoms with van der Waals surface area (Å²) in [6.07, 6.45) is 0. The number of hydrogen-bond donors (Lipinski definition) is 1. The number of halogens is 1. The maximum absolute atomic E-state index is 13.8. The number of rotatable bonds is 5. The second kappa shape index (κ2) is 6.32. The van der Waals surface area contributed by atoms with E-state index < -0.39 is 10.7 Å². The third-order valence-electron chi connectivity index (χ3n) is 3.03. The minimum atomic E-state index is -0.515. The molecule has 0 unspecified atom stereocenters. The predicted molar refractivity (Wildman–Crippen MR) is 77.1 cm³/mol. The van der Waals surface area contributed by atoms with E-state index in [-0.39, 0.29) is 23.7 Å². The first-order valence-electron chi connectivity index (χ1n) is 6.38. The Labute approximate surface area is 121 Å². The average molecular weight is 290 g/mol. The van der Waals surface area contributed by atoms with E-state index in [0.717, 1.165) is 0 Å². The fourth-order valence-electron chi connectivity index (χ4n) is 2.01. The molecule has 0 amide bonds. The van der Waals surface area contributed by atoms with Crippen molar-refractivity contribution in [2.45, 2.75) is 13.5 Å². The molecular formula is C15H15FN2O3. The Hall–Kier alpha value is -2.47. The normalized spacial score (nSPS) is 10.4. The molecule has 0 atom stereocenters. The molecule has 2 aromatic carbocycles. The van der Waals surface area contributed by atoms with Gasteiger partial charge in [-0.3, -0.25) is 10.1 Å². The van der Waals surface area contributed by atoms with Crippen molar-refractivity contribution in [1.29, 1.82) is 0 Å². The molecule has 1 N–H and O–H groups in total. The van der Waals surface area contributed by atoms with Crippen LogP contribution in [-0.2, 0) is 6.54 Å². The first-order chi connectivity index (χ1) is 10.0. The number of benzene rings is 2. The number of nitrogens with zero attached hydrogens (tertiary/aromatic N) is 1. The molecule has 6 heteroatoms. The number of para-hydroxylation sites is 1. The van der Waals surface area contributed by atoms with Crippen LogP contribution >= 0.6 is 0 Å². The Morgan fingerprint density at radius 3 is 2.67 bits per heavy atom. The lowest BCUT2D eigenvalue weighted by Gasteiger charge is -2.13. The molecule has 0 aliphatic carbocycles. The molecule has 0 aliphatic heterocycles. The second-order valence-electron chi connectivity index (χ2n) is 4.53.